The molecule has 0 aliphatic carbocycles. The van der Waals surface area contributed by atoms with Crippen molar-refractivity contribution in [2.24, 2.45) is 0 Å². The quantitative estimate of drug-likeness (QED) is 0.382. The Kier molecular flexibility index (Phi) is 11.8. The predicted molar refractivity (Wildman–Crippen MR) is 58.6 cm³/mol. The van der Waals surface area contributed by atoms with Gasteiger partial charge in [0.15, 0.2) is 0 Å². The van der Waals surface area contributed by atoms with Gasteiger partial charge in [-0.05, 0) is 0 Å². The molecule has 0 spiro atoms. The molecule has 0 aliphatic heterocycles. The van der Waals surface area contributed by atoms with Crippen molar-refractivity contribution in [2.45, 2.75) is 32.6 Å². The van der Waals surface area contributed by atoms with E-state index in [0.717, 1.165) is 10.9 Å². The first kappa shape index (κ1) is 14.8. The number of thiocarbonyl (C=S) groups is 1. The first-order chi connectivity index (χ1) is 6.26. The average molecular weight is 399 g/mol. The minimum absolute atomic E-state index is 0.435. The van der Waals surface area contributed by atoms with E-state index in [1.54, 1.807) is 9.47 Å². The van der Waals surface area contributed by atoms with Crippen molar-refractivity contribution in [1.82, 2.24) is 3.46 Å². The Labute approximate surface area is 113 Å². The van der Waals surface area contributed by atoms with Gasteiger partial charge in [-0.15, -0.1) is 0 Å². The van der Waals surface area contributed by atoms with E-state index in [1.165, 1.54) is 25.7 Å². The molecule has 0 heterocycles. The molecule has 0 saturated heterocycles. The molecule has 76 valence electrons. The predicted octanol–water partition coefficient (Wildman–Crippen LogP) is 3.46. The van der Waals surface area contributed by atoms with E-state index in [2.05, 4.69) is 10.4 Å². The Balaban J connectivity index is 3.60. The van der Waals surface area contributed by atoms with Crippen LogP contribution in [-0.2, 0) is 35.5 Å². The van der Waals surface area contributed by atoms with Crippen LogP contribution in [0, 0.1) is 0 Å². The number of unbranched alkanes of at least 4 members (excludes halogenated alkanes) is 3. The third-order valence-electron chi connectivity index (χ3n) is 1.58. The van der Waals surface area contributed by atoms with Crippen LogP contribution in [0.5, 0.6) is 0 Å². The van der Waals surface area contributed by atoms with Gasteiger partial charge in [0.2, 0.25) is 0 Å². The molecule has 0 fully saturated rings. The maximum absolute atomic E-state index is 5.21. The van der Waals surface area contributed by atoms with Crippen molar-refractivity contribution in [3.8, 4) is 0 Å². The summed E-state index contributed by atoms with van der Waals surface area (Å²) in [7, 11) is 6.80. The topological polar surface area (TPSA) is 3.24 Å². The van der Waals surface area contributed by atoms with Crippen molar-refractivity contribution in [1.29, 1.82) is 0 Å². The van der Waals surface area contributed by atoms with Gasteiger partial charge in [-0.3, -0.25) is 0 Å². The summed E-state index contributed by atoms with van der Waals surface area (Å²) in [5.41, 5.74) is 0. The van der Waals surface area contributed by atoms with Crippen molar-refractivity contribution >= 4 is 35.8 Å². The Hall–Kier alpha value is 1.84. The van der Waals surface area contributed by atoms with Crippen molar-refractivity contribution in [3.05, 3.63) is 0 Å². The van der Waals surface area contributed by atoms with Gasteiger partial charge in [0, 0.05) is 0 Å². The fourth-order valence-corrected chi connectivity index (χ4v) is 5.62. The molecule has 0 rings (SSSR count). The molecule has 0 aliphatic rings. The Bertz CT molecular complexity index is 166. The molecule has 13 heavy (non-hydrogen) atoms. The molecule has 6 heteroatoms. The molecule has 0 bridgehead atoms. The summed E-state index contributed by atoms with van der Waals surface area (Å²) in [5.74, 6) is 0. The summed E-state index contributed by atoms with van der Waals surface area (Å²) >= 11 is 6.74. The van der Waals surface area contributed by atoms with Gasteiger partial charge in [0.1, 0.15) is 0 Å². The third-order valence-corrected chi connectivity index (χ3v) is 7.44. The number of rotatable bonds is 6. The molecule has 0 saturated carbocycles. The SMILES string of the molecule is CCCCCC[N]([Mo]=[S])C(=S)[S][Mo]. The molecule has 0 aromatic heterocycles. The van der Waals surface area contributed by atoms with E-state index in [0.29, 0.717) is 0 Å². The molecule has 0 N–H and O–H groups in total. The van der Waals surface area contributed by atoms with Crippen molar-refractivity contribution in [2.75, 3.05) is 6.54 Å². The Morgan fingerprint density at radius 1 is 1.46 bits per heavy atom. The molecule has 0 atom stereocenters. The summed E-state index contributed by atoms with van der Waals surface area (Å²) in [6.07, 6.45) is 5.18. The van der Waals surface area contributed by atoms with Crippen LogP contribution in [0.2, 0.25) is 0 Å². The van der Waals surface area contributed by atoms with Crippen LogP contribution >= 0.6 is 31.5 Å². The van der Waals surface area contributed by atoms with Crippen molar-refractivity contribution < 1.29 is 35.5 Å². The summed E-state index contributed by atoms with van der Waals surface area (Å²) < 4.78 is 3.23. The normalized spacial score (nSPS) is 9.62. The van der Waals surface area contributed by atoms with E-state index >= 15 is 0 Å². The van der Waals surface area contributed by atoms with Gasteiger partial charge < -0.3 is 0 Å². The average Bonchev–Trinajstić information content (AvgIpc) is 2.17. The summed E-state index contributed by atoms with van der Waals surface area (Å²) in [5, 5.41) is 0. The molecule has 0 aromatic carbocycles. The standard InChI is InChI=1S/C7H15NS2.2Mo.S/c1-2-3-4-5-6-8-7(9)10;;;/h2-6H2,1H3,(H2,8,9,10);;;/q;2*+1;/p-2. The molecule has 0 radical (unpaired) electrons. The molecular formula is C7H13Mo2NS3. The van der Waals surface area contributed by atoms with E-state index in [9.17, 15) is 0 Å². The van der Waals surface area contributed by atoms with Gasteiger partial charge in [-0.25, -0.2) is 0 Å². The van der Waals surface area contributed by atoms with Gasteiger partial charge in [-0.1, -0.05) is 0 Å². The third kappa shape index (κ3) is 7.73. The molecule has 0 unspecified atom stereocenters. The Morgan fingerprint density at radius 2 is 2.15 bits per heavy atom. The van der Waals surface area contributed by atoms with Crippen LogP contribution in [0.25, 0.3) is 0 Å². The zero-order chi connectivity index (χ0) is 10.1. The number of hydrogen-bond donors (Lipinski definition) is 0. The second-order valence-corrected chi connectivity index (χ2v) is 7.35. The van der Waals surface area contributed by atoms with Crippen molar-refractivity contribution in [3.63, 3.8) is 0 Å². The van der Waals surface area contributed by atoms with Crippen LogP contribution in [0.3, 0.4) is 0 Å². The first-order valence-corrected chi connectivity index (χ1v) is 11.5. The summed E-state index contributed by atoms with van der Waals surface area (Å²) in [6.45, 7) is 3.32. The second-order valence-electron chi connectivity index (χ2n) is 2.59. The van der Waals surface area contributed by atoms with Crippen LogP contribution < -0.4 is 0 Å². The minimum atomic E-state index is -0.435. The van der Waals surface area contributed by atoms with E-state index < -0.39 is 17.0 Å². The van der Waals surface area contributed by atoms with Crippen LogP contribution in [0.1, 0.15) is 32.6 Å². The van der Waals surface area contributed by atoms with Crippen LogP contribution in [0.4, 0.5) is 0 Å². The van der Waals surface area contributed by atoms with E-state index in [1.807, 2.05) is 18.5 Å². The summed E-state index contributed by atoms with van der Waals surface area (Å²) in [6, 6.07) is 0. The van der Waals surface area contributed by atoms with Gasteiger partial charge in [-0.2, -0.15) is 0 Å². The van der Waals surface area contributed by atoms with Gasteiger partial charge >= 0.3 is 114 Å². The van der Waals surface area contributed by atoms with Crippen LogP contribution in [-0.4, -0.2) is 14.3 Å². The molecule has 1 nitrogen and oxygen atoms in total. The maximum atomic E-state index is 5.21. The fourth-order valence-electron chi connectivity index (χ4n) is 0.883. The molecule has 0 aromatic rings. The second kappa shape index (κ2) is 10.4. The Morgan fingerprint density at radius 3 is 2.62 bits per heavy atom. The molecule has 0 amide bonds. The van der Waals surface area contributed by atoms with E-state index in [4.69, 9.17) is 22.0 Å². The zero-order valence-electron chi connectivity index (χ0n) is 7.52. The number of nitrogens with zero attached hydrogens (tertiary/aromatic N) is 1. The first-order valence-electron chi connectivity index (χ1n) is 4.17. The van der Waals surface area contributed by atoms with Gasteiger partial charge in [0.25, 0.3) is 0 Å². The van der Waals surface area contributed by atoms with Gasteiger partial charge in [0.05, 0.1) is 0 Å². The number of hydrogen-bond acceptors (Lipinski definition) is 3. The van der Waals surface area contributed by atoms with Crippen LogP contribution in [0.15, 0.2) is 0 Å². The monoisotopic (exact) mass is 403 g/mol. The molecular weight excluding hydrogens is 386 g/mol. The van der Waals surface area contributed by atoms with E-state index in [-0.39, 0.29) is 0 Å². The zero-order valence-corrected chi connectivity index (χ0v) is 14.0. The summed E-state index contributed by atoms with van der Waals surface area (Å²) in [4.78, 5) is 0. The fraction of sp³-hybridized carbons (Fsp3) is 0.857.